The first-order valence-electron chi connectivity index (χ1n) is 10.1. The molecule has 142 valence electrons. The van der Waals surface area contributed by atoms with Crippen molar-refractivity contribution in [1.29, 1.82) is 0 Å². The number of carboxylic acids is 1. The molecule has 0 aliphatic heterocycles. The van der Waals surface area contributed by atoms with Gasteiger partial charge >= 0.3 is 5.97 Å². The molecule has 24 heavy (non-hydrogen) atoms. The van der Waals surface area contributed by atoms with Gasteiger partial charge in [0, 0.05) is 12.8 Å². The fourth-order valence-corrected chi connectivity index (χ4v) is 2.94. The number of ketones is 1. The van der Waals surface area contributed by atoms with E-state index in [1.54, 1.807) is 0 Å². The maximum atomic E-state index is 11.7. The van der Waals surface area contributed by atoms with Crippen LogP contribution in [-0.4, -0.2) is 22.9 Å². The number of hydrogen-bond acceptors (Lipinski definition) is 3. The molecule has 0 aromatic carbocycles. The van der Waals surface area contributed by atoms with Gasteiger partial charge in [0.2, 0.25) is 0 Å². The molecule has 4 nitrogen and oxygen atoms in total. The first kappa shape index (κ1) is 23.1. The number of rotatable bonds is 18. The van der Waals surface area contributed by atoms with Crippen molar-refractivity contribution in [3.05, 3.63) is 0 Å². The molecular weight excluding hydrogens is 302 g/mol. The van der Waals surface area contributed by atoms with Gasteiger partial charge in [0.05, 0.1) is 6.04 Å². The van der Waals surface area contributed by atoms with Crippen LogP contribution in [0.5, 0.6) is 0 Å². The summed E-state index contributed by atoms with van der Waals surface area (Å²) in [5, 5.41) is 8.58. The number of Topliss-reactive ketones (excluding diaryl/α,β-unsaturated/α-hetero) is 1. The first-order chi connectivity index (χ1) is 11.6. The zero-order valence-corrected chi connectivity index (χ0v) is 15.7. The van der Waals surface area contributed by atoms with E-state index >= 15 is 0 Å². The van der Waals surface area contributed by atoms with Gasteiger partial charge in [-0.3, -0.25) is 9.59 Å². The van der Waals surface area contributed by atoms with Crippen molar-refractivity contribution in [2.75, 3.05) is 0 Å². The van der Waals surface area contributed by atoms with Gasteiger partial charge < -0.3 is 10.8 Å². The van der Waals surface area contributed by atoms with E-state index in [4.69, 9.17) is 10.8 Å². The van der Waals surface area contributed by atoms with E-state index in [1.807, 2.05) is 0 Å². The highest BCUT2D eigenvalue weighted by molar-refractivity contribution is 5.84. The third kappa shape index (κ3) is 16.0. The number of nitrogens with two attached hydrogens (primary N) is 1. The lowest BCUT2D eigenvalue weighted by Gasteiger charge is -2.08. The maximum Gasteiger partial charge on any atom is 0.303 e. The summed E-state index contributed by atoms with van der Waals surface area (Å²) < 4.78 is 0. The van der Waals surface area contributed by atoms with Crippen molar-refractivity contribution in [2.45, 2.75) is 116 Å². The minimum atomic E-state index is -0.890. The molecule has 0 heterocycles. The second kappa shape index (κ2) is 16.9. The largest absolute Gasteiger partial charge is 0.481 e. The SMILES string of the molecule is CCCCCCCCCCCCCCCC(=O)C(N)CCC(=O)O. The Morgan fingerprint density at radius 3 is 1.58 bits per heavy atom. The summed E-state index contributed by atoms with van der Waals surface area (Å²) in [6.45, 7) is 2.25. The van der Waals surface area contributed by atoms with Gasteiger partial charge in [-0.2, -0.15) is 0 Å². The van der Waals surface area contributed by atoms with E-state index in [1.165, 1.54) is 70.6 Å². The van der Waals surface area contributed by atoms with E-state index < -0.39 is 12.0 Å². The normalized spacial score (nSPS) is 12.2. The first-order valence-corrected chi connectivity index (χ1v) is 10.1. The summed E-state index contributed by atoms with van der Waals surface area (Å²) in [7, 11) is 0. The van der Waals surface area contributed by atoms with E-state index in [-0.39, 0.29) is 18.6 Å². The standard InChI is InChI=1S/C20H39NO3/c1-2-3-4-5-6-7-8-9-10-11-12-13-14-15-19(22)18(21)16-17-20(23)24/h18H,2-17,21H2,1H3,(H,23,24). The molecule has 3 N–H and O–H groups in total. The average molecular weight is 342 g/mol. The van der Waals surface area contributed by atoms with Gasteiger partial charge in [0.25, 0.3) is 0 Å². The van der Waals surface area contributed by atoms with Gasteiger partial charge in [-0.1, -0.05) is 84.0 Å². The molecule has 0 aliphatic carbocycles. The fraction of sp³-hybridized carbons (Fsp3) is 0.900. The topological polar surface area (TPSA) is 80.4 Å². The summed E-state index contributed by atoms with van der Waals surface area (Å²) in [4.78, 5) is 22.2. The molecule has 1 atom stereocenters. The third-order valence-electron chi connectivity index (χ3n) is 4.61. The minimum Gasteiger partial charge on any atom is -0.481 e. The predicted octanol–water partition coefficient (Wildman–Crippen LogP) is 5.23. The van der Waals surface area contributed by atoms with Gasteiger partial charge in [-0.05, 0) is 12.8 Å². The molecule has 0 saturated carbocycles. The molecule has 0 saturated heterocycles. The van der Waals surface area contributed by atoms with Crippen molar-refractivity contribution < 1.29 is 14.7 Å². The summed E-state index contributed by atoms with van der Waals surface area (Å²) in [5.41, 5.74) is 5.70. The van der Waals surface area contributed by atoms with Crippen LogP contribution in [0.4, 0.5) is 0 Å². The number of aliphatic carboxylic acids is 1. The molecule has 0 aromatic rings. The molecule has 0 aromatic heterocycles. The minimum absolute atomic E-state index is 0.0133. The van der Waals surface area contributed by atoms with Crippen LogP contribution in [0.3, 0.4) is 0 Å². The van der Waals surface area contributed by atoms with Crippen molar-refractivity contribution >= 4 is 11.8 Å². The van der Waals surface area contributed by atoms with Crippen LogP contribution in [0.25, 0.3) is 0 Å². The second-order valence-corrected chi connectivity index (χ2v) is 7.00. The number of hydrogen-bond donors (Lipinski definition) is 2. The third-order valence-corrected chi connectivity index (χ3v) is 4.61. The van der Waals surface area contributed by atoms with Crippen LogP contribution in [0.2, 0.25) is 0 Å². The second-order valence-electron chi connectivity index (χ2n) is 7.00. The molecule has 0 amide bonds. The van der Waals surface area contributed by atoms with Crippen LogP contribution in [-0.2, 0) is 9.59 Å². The van der Waals surface area contributed by atoms with Crippen LogP contribution >= 0.6 is 0 Å². The van der Waals surface area contributed by atoms with Gasteiger partial charge in [-0.15, -0.1) is 0 Å². The lowest BCUT2D eigenvalue weighted by atomic mass is 10.0. The van der Waals surface area contributed by atoms with Gasteiger partial charge in [0.1, 0.15) is 5.78 Å². The van der Waals surface area contributed by atoms with E-state index in [0.717, 1.165) is 12.8 Å². The Balaban J connectivity index is 3.27. The van der Waals surface area contributed by atoms with Crippen LogP contribution in [0.15, 0.2) is 0 Å². The maximum absolute atomic E-state index is 11.7. The molecule has 0 spiro atoms. The Morgan fingerprint density at radius 1 is 0.750 bits per heavy atom. The summed E-state index contributed by atoms with van der Waals surface area (Å²) in [6, 6.07) is -0.599. The van der Waals surface area contributed by atoms with Crippen LogP contribution < -0.4 is 5.73 Å². The molecule has 0 rings (SSSR count). The van der Waals surface area contributed by atoms with E-state index in [2.05, 4.69) is 6.92 Å². The van der Waals surface area contributed by atoms with Gasteiger partial charge in [0.15, 0.2) is 0 Å². The Labute approximate surface area is 148 Å². The fourth-order valence-electron chi connectivity index (χ4n) is 2.94. The molecule has 1 unspecified atom stereocenters. The van der Waals surface area contributed by atoms with Crippen LogP contribution in [0.1, 0.15) is 110 Å². The monoisotopic (exact) mass is 341 g/mol. The molecule has 0 fully saturated rings. The average Bonchev–Trinajstić information content (AvgIpc) is 2.56. The molecule has 0 aliphatic rings. The summed E-state index contributed by atoms with van der Waals surface area (Å²) in [5.74, 6) is -0.876. The van der Waals surface area contributed by atoms with Crippen molar-refractivity contribution in [3.63, 3.8) is 0 Å². The number of carbonyl (C=O) groups excluding carboxylic acids is 1. The van der Waals surface area contributed by atoms with Crippen molar-refractivity contribution in [3.8, 4) is 0 Å². The van der Waals surface area contributed by atoms with E-state index in [0.29, 0.717) is 6.42 Å². The van der Waals surface area contributed by atoms with Crippen molar-refractivity contribution in [1.82, 2.24) is 0 Å². The van der Waals surface area contributed by atoms with Crippen LogP contribution in [0, 0.1) is 0 Å². The quantitative estimate of drug-likeness (QED) is 0.335. The summed E-state index contributed by atoms with van der Waals surface area (Å²) >= 11 is 0. The zero-order chi connectivity index (χ0) is 18.0. The molecule has 0 radical (unpaired) electrons. The highest BCUT2D eigenvalue weighted by Crippen LogP contribution is 2.13. The zero-order valence-electron chi connectivity index (χ0n) is 15.7. The predicted molar refractivity (Wildman–Crippen MR) is 100 cm³/mol. The Hall–Kier alpha value is -0.900. The number of carbonyl (C=O) groups is 2. The molecular formula is C20H39NO3. The lowest BCUT2D eigenvalue weighted by molar-refractivity contribution is -0.137. The molecule has 0 bridgehead atoms. The van der Waals surface area contributed by atoms with Gasteiger partial charge in [-0.25, -0.2) is 0 Å². The number of carboxylic acid groups (broad SMARTS) is 1. The van der Waals surface area contributed by atoms with Crippen molar-refractivity contribution in [2.24, 2.45) is 5.73 Å². The Morgan fingerprint density at radius 2 is 1.17 bits per heavy atom. The highest BCUT2D eigenvalue weighted by Gasteiger charge is 2.14. The molecule has 4 heteroatoms. The number of unbranched alkanes of at least 4 members (excludes halogenated alkanes) is 12. The lowest BCUT2D eigenvalue weighted by Crippen LogP contribution is -2.30. The van der Waals surface area contributed by atoms with E-state index in [9.17, 15) is 9.59 Å². The Kier molecular flexibility index (Phi) is 16.3. The Bertz CT molecular complexity index is 318. The summed E-state index contributed by atoms with van der Waals surface area (Å²) in [6.07, 6.45) is 17.4. The smallest absolute Gasteiger partial charge is 0.303 e. The highest BCUT2D eigenvalue weighted by atomic mass is 16.4.